The minimum atomic E-state index is 0.869. The molecule has 2 heterocycles. The molecule has 3 aromatic rings. The summed E-state index contributed by atoms with van der Waals surface area (Å²) in [5.41, 5.74) is 3.03. The van der Waals surface area contributed by atoms with Gasteiger partial charge in [0.1, 0.15) is 4.88 Å². The van der Waals surface area contributed by atoms with E-state index in [0.29, 0.717) is 0 Å². The molecule has 0 amide bonds. The van der Waals surface area contributed by atoms with Crippen molar-refractivity contribution in [3.63, 3.8) is 0 Å². The minimum absolute atomic E-state index is 0.869. The van der Waals surface area contributed by atoms with E-state index in [1.165, 1.54) is 11.5 Å². The van der Waals surface area contributed by atoms with Crippen molar-refractivity contribution in [3.8, 4) is 10.7 Å². The van der Waals surface area contributed by atoms with Crippen molar-refractivity contribution in [1.29, 1.82) is 0 Å². The van der Waals surface area contributed by atoms with Gasteiger partial charge < -0.3 is 4.98 Å². The molecule has 0 fully saturated rings. The molecule has 16 heavy (non-hydrogen) atoms. The number of aryl methyl sites for hydroxylation is 1. The molecule has 0 bridgehead atoms. The molecule has 0 atom stereocenters. The fourth-order valence-electron chi connectivity index (χ4n) is 1.68. The summed E-state index contributed by atoms with van der Waals surface area (Å²) in [5.74, 6) is 0.869. The first kappa shape index (κ1) is 9.47. The fraction of sp³-hybridized carbons (Fsp3) is 0.182. The van der Waals surface area contributed by atoms with Crippen molar-refractivity contribution in [1.82, 2.24) is 19.6 Å². The first-order valence-corrected chi connectivity index (χ1v) is 5.92. The lowest BCUT2D eigenvalue weighted by molar-refractivity contribution is 0.990. The van der Waals surface area contributed by atoms with Crippen LogP contribution in [0.25, 0.3) is 21.7 Å². The number of H-pyrrole nitrogens is 1. The number of hydrogen-bond acceptors (Lipinski definition) is 4. The molecule has 0 aliphatic carbocycles. The molecule has 1 aromatic carbocycles. The summed E-state index contributed by atoms with van der Waals surface area (Å²) >= 11 is 1.39. The predicted octanol–water partition coefficient (Wildman–Crippen LogP) is 2.64. The van der Waals surface area contributed by atoms with Gasteiger partial charge in [0.2, 0.25) is 0 Å². The highest BCUT2D eigenvalue weighted by molar-refractivity contribution is 7.09. The molecule has 0 spiro atoms. The number of rotatable bonds is 2. The Balaban J connectivity index is 2.19. The van der Waals surface area contributed by atoms with Crippen LogP contribution in [-0.4, -0.2) is 19.6 Å². The summed E-state index contributed by atoms with van der Waals surface area (Å²) in [4.78, 5) is 8.87. The van der Waals surface area contributed by atoms with Gasteiger partial charge in [0.15, 0.2) is 5.82 Å². The van der Waals surface area contributed by atoms with E-state index in [1.54, 1.807) is 0 Å². The molecule has 0 saturated heterocycles. The second kappa shape index (κ2) is 3.68. The summed E-state index contributed by atoms with van der Waals surface area (Å²) < 4.78 is 3.97. The number of aromatic amines is 1. The van der Waals surface area contributed by atoms with Crippen LogP contribution in [0.1, 0.15) is 12.6 Å². The molecule has 3 rings (SSSR count). The Labute approximate surface area is 96.5 Å². The van der Waals surface area contributed by atoms with Gasteiger partial charge in [-0.1, -0.05) is 23.5 Å². The molecule has 1 N–H and O–H groups in total. The third kappa shape index (κ3) is 1.40. The van der Waals surface area contributed by atoms with Gasteiger partial charge in [-0.05, 0) is 30.1 Å². The van der Waals surface area contributed by atoms with Gasteiger partial charge in [0.05, 0.1) is 16.7 Å². The van der Waals surface area contributed by atoms with Crippen LogP contribution in [0.3, 0.4) is 0 Å². The minimum Gasteiger partial charge on any atom is -0.337 e. The quantitative estimate of drug-likeness (QED) is 0.736. The van der Waals surface area contributed by atoms with E-state index in [4.69, 9.17) is 0 Å². The lowest BCUT2D eigenvalue weighted by Crippen LogP contribution is -1.85. The van der Waals surface area contributed by atoms with E-state index in [0.717, 1.165) is 33.8 Å². The second-order valence-electron chi connectivity index (χ2n) is 3.50. The van der Waals surface area contributed by atoms with E-state index in [9.17, 15) is 0 Å². The smallest absolute Gasteiger partial charge is 0.152 e. The maximum Gasteiger partial charge on any atom is 0.152 e. The van der Waals surface area contributed by atoms with Gasteiger partial charge in [-0.3, -0.25) is 0 Å². The van der Waals surface area contributed by atoms with Crippen LogP contribution in [0, 0.1) is 0 Å². The van der Waals surface area contributed by atoms with Crippen LogP contribution in [0.4, 0.5) is 0 Å². The third-order valence-electron chi connectivity index (χ3n) is 2.50. The average Bonchev–Trinajstić information content (AvgIpc) is 2.94. The molecule has 0 unspecified atom stereocenters. The number of aromatic nitrogens is 4. The van der Waals surface area contributed by atoms with E-state index in [-0.39, 0.29) is 0 Å². The largest absolute Gasteiger partial charge is 0.337 e. The Kier molecular flexibility index (Phi) is 2.18. The maximum absolute atomic E-state index is 4.54. The number of para-hydroxylation sites is 2. The number of hydrogen-bond donors (Lipinski definition) is 1. The average molecular weight is 230 g/mol. The zero-order chi connectivity index (χ0) is 11.0. The number of fused-ring (bicyclic) bond motifs is 1. The molecule has 5 heteroatoms. The molecule has 0 aliphatic heterocycles. The molecule has 4 nitrogen and oxygen atoms in total. The number of nitrogens with zero attached hydrogens (tertiary/aromatic N) is 3. The van der Waals surface area contributed by atoms with E-state index < -0.39 is 0 Å². The van der Waals surface area contributed by atoms with Crippen molar-refractivity contribution in [2.24, 2.45) is 0 Å². The van der Waals surface area contributed by atoms with Crippen molar-refractivity contribution in [2.45, 2.75) is 13.3 Å². The first-order chi connectivity index (χ1) is 7.88. The molecular formula is C11H10N4S. The van der Waals surface area contributed by atoms with Crippen LogP contribution >= 0.6 is 11.5 Å². The summed E-state index contributed by atoms with van der Waals surface area (Å²) in [6, 6.07) is 8.00. The summed E-state index contributed by atoms with van der Waals surface area (Å²) in [6.07, 6.45) is 0.878. The van der Waals surface area contributed by atoms with E-state index in [1.807, 2.05) is 24.3 Å². The van der Waals surface area contributed by atoms with Gasteiger partial charge in [0, 0.05) is 0 Å². The van der Waals surface area contributed by atoms with Crippen LogP contribution in [0.5, 0.6) is 0 Å². The third-order valence-corrected chi connectivity index (χ3v) is 3.27. The highest BCUT2D eigenvalue weighted by Gasteiger charge is 2.12. The molecule has 0 aliphatic rings. The fourth-order valence-corrected chi connectivity index (χ4v) is 2.37. The highest BCUT2D eigenvalue weighted by Crippen LogP contribution is 2.25. The SMILES string of the molecule is CCc1nnsc1-c1nc2ccccc2[nH]1. The molecule has 0 radical (unpaired) electrons. The predicted molar refractivity (Wildman–Crippen MR) is 64.4 cm³/mol. The van der Waals surface area contributed by atoms with Crippen molar-refractivity contribution < 1.29 is 0 Å². The maximum atomic E-state index is 4.54. The van der Waals surface area contributed by atoms with Crippen LogP contribution in [-0.2, 0) is 6.42 Å². The topological polar surface area (TPSA) is 54.5 Å². The van der Waals surface area contributed by atoms with Gasteiger partial charge in [0.25, 0.3) is 0 Å². The summed E-state index contributed by atoms with van der Waals surface area (Å²) in [6.45, 7) is 2.07. The first-order valence-electron chi connectivity index (χ1n) is 5.15. The van der Waals surface area contributed by atoms with Crippen LogP contribution < -0.4 is 0 Å². The van der Waals surface area contributed by atoms with Gasteiger partial charge >= 0.3 is 0 Å². The van der Waals surface area contributed by atoms with E-state index >= 15 is 0 Å². The Morgan fingerprint density at radius 3 is 3.00 bits per heavy atom. The van der Waals surface area contributed by atoms with Crippen LogP contribution in [0.15, 0.2) is 24.3 Å². The van der Waals surface area contributed by atoms with Gasteiger partial charge in [-0.25, -0.2) is 4.98 Å². The van der Waals surface area contributed by atoms with Crippen molar-refractivity contribution >= 4 is 22.6 Å². The standard InChI is InChI=1S/C11H10N4S/c1-2-7-10(16-15-14-7)11-12-8-5-3-4-6-9(8)13-11/h3-6H,2H2,1H3,(H,12,13). The zero-order valence-electron chi connectivity index (χ0n) is 8.77. The summed E-state index contributed by atoms with van der Waals surface area (Å²) in [7, 11) is 0. The Morgan fingerprint density at radius 1 is 1.31 bits per heavy atom. The zero-order valence-corrected chi connectivity index (χ0v) is 9.58. The summed E-state index contributed by atoms with van der Waals surface area (Å²) in [5, 5.41) is 4.09. The lowest BCUT2D eigenvalue weighted by Gasteiger charge is -1.91. The molecule has 80 valence electrons. The van der Waals surface area contributed by atoms with Gasteiger partial charge in [-0.2, -0.15) is 0 Å². The Hall–Kier alpha value is -1.75. The second-order valence-corrected chi connectivity index (χ2v) is 4.26. The number of benzene rings is 1. The van der Waals surface area contributed by atoms with Crippen molar-refractivity contribution in [2.75, 3.05) is 0 Å². The van der Waals surface area contributed by atoms with Gasteiger partial charge in [-0.15, -0.1) is 5.10 Å². The normalized spacial score (nSPS) is 11.1. The highest BCUT2D eigenvalue weighted by atomic mass is 32.1. The number of nitrogens with one attached hydrogen (secondary N) is 1. The lowest BCUT2D eigenvalue weighted by atomic mass is 10.3. The van der Waals surface area contributed by atoms with E-state index in [2.05, 4.69) is 26.5 Å². The Morgan fingerprint density at radius 2 is 2.19 bits per heavy atom. The van der Waals surface area contributed by atoms with Crippen LogP contribution in [0.2, 0.25) is 0 Å². The molecular weight excluding hydrogens is 220 g/mol. The Bertz CT molecular complexity index is 592. The monoisotopic (exact) mass is 230 g/mol. The molecule has 0 saturated carbocycles. The number of imidazole rings is 1. The molecule has 2 aromatic heterocycles. The van der Waals surface area contributed by atoms with Crippen molar-refractivity contribution in [3.05, 3.63) is 30.0 Å².